The number of anilines is 1. The fourth-order valence-electron chi connectivity index (χ4n) is 3.24. The molecule has 150 valence electrons. The minimum absolute atomic E-state index is 0.0488. The number of carbonyl (C=O) groups excluding carboxylic acids is 2. The van der Waals surface area contributed by atoms with E-state index in [1.54, 1.807) is 66.7 Å². The van der Waals surface area contributed by atoms with Crippen molar-refractivity contribution in [1.82, 2.24) is 0 Å². The van der Waals surface area contributed by atoms with Crippen molar-refractivity contribution in [3.63, 3.8) is 0 Å². The highest BCUT2D eigenvalue weighted by Crippen LogP contribution is 2.33. The number of furan rings is 1. The number of ketones is 1. The van der Waals surface area contributed by atoms with Crippen molar-refractivity contribution in [3.05, 3.63) is 89.7 Å². The molecule has 0 aliphatic rings. The van der Waals surface area contributed by atoms with E-state index in [-0.39, 0.29) is 11.5 Å². The second-order valence-corrected chi connectivity index (χ2v) is 6.52. The molecule has 1 heterocycles. The van der Waals surface area contributed by atoms with Crippen LogP contribution in [0.3, 0.4) is 0 Å². The predicted molar refractivity (Wildman–Crippen MR) is 114 cm³/mol. The van der Waals surface area contributed by atoms with Gasteiger partial charge in [0.2, 0.25) is 5.78 Å². The molecule has 0 bridgehead atoms. The summed E-state index contributed by atoms with van der Waals surface area (Å²) >= 11 is 0. The highest BCUT2D eigenvalue weighted by molar-refractivity contribution is 6.19. The number of methoxy groups -OCH3 is 2. The zero-order chi connectivity index (χ0) is 21.1. The van der Waals surface area contributed by atoms with Crippen molar-refractivity contribution in [2.45, 2.75) is 0 Å². The van der Waals surface area contributed by atoms with Crippen LogP contribution in [-0.2, 0) is 0 Å². The number of benzene rings is 3. The molecule has 0 saturated carbocycles. The first-order valence-corrected chi connectivity index (χ1v) is 9.27. The van der Waals surface area contributed by atoms with Crippen molar-refractivity contribution in [1.29, 1.82) is 0 Å². The summed E-state index contributed by atoms with van der Waals surface area (Å²) in [5.41, 5.74) is 1.56. The third-order valence-corrected chi connectivity index (χ3v) is 4.72. The number of para-hydroxylation sites is 2. The quantitative estimate of drug-likeness (QED) is 0.463. The fraction of sp³-hybridized carbons (Fsp3) is 0.0833. The largest absolute Gasteiger partial charge is 0.497 e. The van der Waals surface area contributed by atoms with Gasteiger partial charge in [-0.15, -0.1) is 0 Å². The van der Waals surface area contributed by atoms with Gasteiger partial charge >= 0.3 is 0 Å². The maximum absolute atomic E-state index is 13.2. The number of nitrogens with one attached hydrogen (secondary N) is 1. The third kappa shape index (κ3) is 3.51. The summed E-state index contributed by atoms with van der Waals surface area (Å²) < 4.78 is 16.3. The molecule has 1 aromatic heterocycles. The number of hydrogen-bond acceptors (Lipinski definition) is 5. The van der Waals surface area contributed by atoms with Crippen LogP contribution in [0.15, 0.2) is 77.2 Å². The summed E-state index contributed by atoms with van der Waals surface area (Å²) in [6, 6.07) is 20.8. The maximum Gasteiger partial charge on any atom is 0.259 e. The molecular formula is C24H19NO5. The summed E-state index contributed by atoms with van der Waals surface area (Å²) in [6.07, 6.45) is 0. The van der Waals surface area contributed by atoms with Crippen LogP contribution in [0, 0.1) is 0 Å². The highest BCUT2D eigenvalue weighted by atomic mass is 16.5. The molecule has 1 amide bonds. The van der Waals surface area contributed by atoms with Gasteiger partial charge in [0.1, 0.15) is 17.1 Å². The second kappa shape index (κ2) is 8.13. The first-order chi connectivity index (χ1) is 14.6. The van der Waals surface area contributed by atoms with Gasteiger partial charge < -0.3 is 19.2 Å². The summed E-state index contributed by atoms with van der Waals surface area (Å²) in [5, 5.41) is 3.47. The van der Waals surface area contributed by atoms with E-state index < -0.39 is 5.91 Å². The Bertz CT molecular complexity index is 1240. The van der Waals surface area contributed by atoms with Crippen molar-refractivity contribution in [2.24, 2.45) is 0 Å². The molecule has 1 N–H and O–H groups in total. The molecule has 0 aliphatic carbocycles. The highest BCUT2D eigenvalue weighted by Gasteiger charge is 2.24. The van der Waals surface area contributed by atoms with E-state index in [9.17, 15) is 9.59 Å². The van der Waals surface area contributed by atoms with Crippen molar-refractivity contribution < 1.29 is 23.5 Å². The summed E-state index contributed by atoms with van der Waals surface area (Å²) in [6.45, 7) is 0. The molecule has 3 aromatic carbocycles. The lowest BCUT2D eigenvalue weighted by Crippen LogP contribution is -2.15. The number of rotatable bonds is 6. The van der Waals surface area contributed by atoms with E-state index in [1.165, 1.54) is 14.2 Å². The average Bonchev–Trinajstić information content (AvgIpc) is 3.16. The fourth-order valence-corrected chi connectivity index (χ4v) is 3.24. The van der Waals surface area contributed by atoms with Gasteiger partial charge in [0.05, 0.1) is 25.5 Å². The Kier molecular flexibility index (Phi) is 5.22. The van der Waals surface area contributed by atoms with Gasteiger partial charge in [-0.05, 0) is 36.4 Å². The number of hydrogen-bond donors (Lipinski definition) is 1. The van der Waals surface area contributed by atoms with Crippen LogP contribution in [0.5, 0.6) is 11.5 Å². The lowest BCUT2D eigenvalue weighted by molar-refractivity contribution is 0.101. The van der Waals surface area contributed by atoms with E-state index in [4.69, 9.17) is 13.9 Å². The van der Waals surface area contributed by atoms with Crippen LogP contribution in [0.25, 0.3) is 11.0 Å². The molecule has 6 heteroatoms. The monoisotopic (exact) mass is 401 g/mol. The lowest BCUT2D eigenvalue weighted by atomic mass is 10.1. The summed E-state index contributed by atoms with van der Waals surface area (Å²) in [7, 11) is 3.03. The van der Waals surface area contributed by atoms with Gasteiger partial charge in [-0.2, -0.15) is 0 Å². The Morgan fingerprint density at radius 1 is 0.867 bits per heavy atom. The average molecular weight is 401 g/mol. The molecule has 6 nitrogen and oxygen atoms in total. The summed E-state index contributed by atoms with van der Waals surface area (Å²) in [4.78, 5) is 26.2. The number of carbonyl (C=O) groups is 2. The molecule has 30 heavy (non-hydrogen) atoms. The molecule has 0 atom stereocenters. The van der Waals surface area contributed by atoms with Crippen LogP contribution in [0.1, 0.15) is 26.5 Å². The lowest BCUT2D eigenvalue weighted by Gasteiger charge is -2.09. The minimum Gasteiger partial charge on any atom is -0.497 e. The molecule has 0 spiro atoms. The first kappa shape index (κ1) is 19.3. The van der Waals surface area contributed by atoms with Crippen LogP contribution < -0.4 is 14.8 Å². The number of ether oxygens (including phenoxy) is 2. The van der Waals surface area contributed by atoms with Crippen molar-refractivity contribution in [2.75, 3.05) is 19.5 Å². The van der Waals surface area contributed by atoms with E-state index >= 15 is 0 Å². The van der Waals surface area contributed by atoms with Crippen molar-refractivity contribution >= 4 is 28.3 Å². The molecular weight excluding hydrogens is 382 g/mol. The smallest absolute Gasteiger partial charge is 0.259 e. The topological polar surface area (TPSA) is 77.8 Å². The normalized spacial score (nSPS) is 10.6. The number of fused-ring (bicyclic) bond motifs is 1. The first-order valence-electron chi connectivity index (χ1n) is 9.27. The Labute approximate surface area is 173 Å². The Hall–Kier alpha value is -4.06. The maximum atomic E-state index is 13.2. The van der Waals surface area contributed by atoms with Gasteiger partial charge in [0.25, 0.3) is 5.91 Å². The molecule has 0 radical (unpaired) electrons. The SMILES string of the molecule is COc1cccc(C(=O)c2oc3ccccc3c2NC(=O)c2ccccc2OC)c1. The van der Waals surface area contributed by atoms with Crippen LogP contribution >= 0.6 is 0 Å². The van der Waals surface area contributed by atoms with Gasteiger partial charge in [-0.25, -0.2) is 0 Å². The predicted octanol–water partition coefficient (Wildman–Crippen LogP) is 4.93. The third-order valence-electron chi connectivity index (χ3n) is 4.72. The zero-order valence-electron chi connectivity index (χ0n) is 16.5. The van der Waals surface area contributed by atoms with Gasteiger partial charge in [-0.3, -0.25) is 9.59 Å². The van der Waals surface area contributed by atoms with E-state index in [0.717, 1.165) is 0 Å². The van der Waals surface area contributed by atoms with E-state index in [1.807, 2.05) is 6.07 Å². The zero-order valence-corrected chi connectivity index (χ0v) is 16.5. The number of amides is 1. The summed E-state index contributed by atoms with van der Waals surface area (Å²) in [5.74, 6) is 0.270. The van der Waals surface area contributed by atoms with Crippen LogP contribution in [0.2, 0.25) is 0 Å². The molecule has 0 fully saturated rings. The molecule has 4 aromatic rings. The van der Waals surface area contributed by atoms with Crippen LogP contribution in [-0.4, -0.2) is 25.9 Å². The minimum atomic E-state index is -0.404. The van der Waals surface area contributed by atoms with E-state index in [2.05, 4.69) is 5.32 Å². The van der Waals surface area contributed by atoms with E-state index in [0.29, 0.717) is 39.3 Å². The molecule has 0 unspecified atom stereocenters. The standard InChI is InChI=1S/C24H19NO5/c1-28-16-9-7-8-15(14-16)22(26)23-21(17-10-3-6-13-20(17)30-23)25-24(27)18-11-4-5-12-19(18)29-2/h3-14H,1-2H3,(H,25,27). The Balaban J connectivity index is 1.79. The van der Waals surface area contributed by atoms with Crippen molar-refractivity contribution in [3.8, 4) is 11.5 Å². The Morgan fingerprint density at radius 2 is 1.63 bits per heavy atom. The Morgan fingerprint density at radius 3 is 2.43 bits per heavy atom. The van der Waals surface area contributed by atoms with Gasteiger partial charge in [0, 0.05) is 10.9 Å². The molecule has 4 rings (SSSR count). The molecule has 0 aliphatic heterocycles. The molecule has 0 saturated heterocycles. The van der Waals surface area contributed by atoms with Gasteiger partial charge in [-0.1, -0.05) is 36.4 Å². The van der Waals surface area contributed by atoms with Gasteiger partial charge in [0.15, 0.2) is 5.76 Å². The van der Waals surface area contributed by atoms with Crippen LogP contribution in [0.4, 0.5) is 5.69 Å². The second-order valence-electron chi connectivity index (χ2n) is 6.52.